The van der Waals surface area contributed by atoms with Gasteiger partial charge in [-0.25, -0.2) is 0 Å². The Morgan fingerprint density at radius 3 is 2.44 bits per heavy atom. The third kappa shape index (κ3) is 4.88. The number of amides is 1. The molecule has 0 saturated carbocycles. The first kappa shape index (κ1) is 14.7. The molecule has 0 saturated heterocycles. The van der Waals surface area contributed by atoms with Crippen LogP contribution in [0.4, 0.5) is 5.69 Å². The zero-order valence-corrected chi connectivity index (χ0v) is 11.6. The minimum absolute atomic E-state index is 0.101. The number of nitrogens with one attached hydrogen (secondary N) is 2. The van der Waals surface area contributed by atoms with Gasteiger partial charge in [0, 0.05) is 18.2 Å². The van der Waals surface area contributed by atoms with Gasteiger partial charge in [0.2, 0.25) is 5.91 Å². The van der Waals surface area contributed by atoms with E-state index in [1.807, 2.05) is 12.1 Å². The highest BCUT2D eigenvalue weighted by atomic mass is 16.1. The summed E-state index contributed by atoms with van der Waals surface area (Å²) in [5.74, 6) is 0.101. The first-order valence-corrected chi connectivity index (χ1v) is 6.80. The number of hydrogen-bond donors (Lipinski definition) is 2. The van der Waals surface area contributed by atoms with E-state index in [2.05, 4.69) is 43.5 Å². The Morgan fingerprint density at radius 1 is 1.22 bits per heavy atom. The quantitative estimate of drug-likeness (QED) is 0.775. The summed E-state index contributed by atoms with van der Waals surface area (Å²) in [6, 6.07) is 8.39. The van der Waals surface area contributed by atoms with Gasteiger partial charge in [-0.2, -0.15) is 0 Å². The summed E-state index contributed by atoms with van der Waals surface area (Å²) in [5, 5.41) is 6.28. The van der Waals surface area contributed by atoms with Crippen LogP contribution in [0.15, 0.2) is 24.3 Å². The van der Waals surface area contributed by atoms with Crippen molar-refractivity contribution in [2.24, 2.45) is 0 Å². The van der Waals surface area contributed by atoms with Gasteiger partial charge in [-0.15, -0.1) is 0 Å². The molecule has 0 aliphatic rings. The molecule has 0 bridgehead atoms. The lowest BCUT2D eigenvalue weighted by molar-refractivity contribution is -0.116. The minimum atomic E-state index is 0.101. The lowest BCUT2D eigenvalue weighted by Crippen LogP contribution is -2.17. The van der Waals surface area contributed by atoms with E-state index in [1.54, 1.807) is 0 Å². The zero-order valence-electron chi connectivity index (χ0n) is 11.6. The molecule has 0 fully saturated rings. The lowest BCUT2D eigenvalue weighted by Gasteiger charge is -2.13. The predicted octanol–water partition coefficient (Wildman–Crippen LogP) is 3.49. The Balaban J connectivity index is 2.52. The van der Waals surface area contributed by atoms with Gasteiger partial charge in [0.25, 0.3) is 0 Å². The average Bonchev–Trinajstić information content (AvgIpc) is 2.37. The maximum atomic E-state index is 11.6. The second-order valence-electron chi connectivity index (χ2n) is 4.55. The molecule has 1 amide bonds. The molecule has 18 heavy (non-hydrogen) atoms. The van der Waals surface area contributed by atoms with Crippen molar-refractivity contribution in [3.05, 3.63) is 29.8 Å². The van der Waals surface area contributed by atoms with E-state index in [-0.39, 0.29) is 5.91 Å². The monoisotopic (exact) mass is 248 g/mol. The summed E-state index contributed by atoms with van der Waals surface area (Å²) >= 11 is 0. The zero-order chi connectivity index (χ0) is 13.4. The largest absolute Gasteiger partial charge is 0.326 e. The smallest absolute Gasteiger partial charge is 0.224 e. The molecular formula is C15H24N2O. The summed E-state index contributed by atoms with van der Waals surface area (Å²) in [6.45, 7) is 7.28. The highest BCUT2D eigenvalue weighted by Crippen LogP contribution is 2.16. The molecule has 1 rings (SSSR count). The molecule has 0 heterocycles. The van der Waals surface area contributed by atoms with Crippen molar-refractivity contribution in [1.82, 2.24) is 5.32 Å². The van der Waals surface area contributed by atoms with Gasteiger partial charge in [-0.05, 0) is 37.6 Å². The third-order valence-corrected chi connectivity index (χ3v) is 2.96. The molecule has 1 atom stereocenters. The topological polar surface area (TPSA) is 41.1 Å². The maximum absolute atomic E-state index is 11.6. The molecule has 1 unspecified atom stereocenters. The molecule has 0 aromatic heterocycles. The number of anilines is 1. The van der Waals surface area contributed by atoms with Crippen molar-refractivity contribution in [1.29, 1.82) is 0 Å². The van der Waals surface area contributed by atoms with Gasteiger partial charge in [0.15, 0.2) is 0 Å². The van der Waals surface area contributed by atoms with Crippen LogP contribution in [0.25, 0.3) is 0 Å². The van der Waals surface area contributed by atoms with E-state index in [9.17, 15) is 4.79 Å². The Hall–Kier alpha value is -1.35. The summed E-state index contributed by atoms with van der Waals surface area (Å²) in [5.41, 5.74) is 2.12. The molecular weight excluding hydrogens is 224 g/mol. The molecule has 1 aromatic carbocycles. The lowest BCUT2D eigenvalue weighted by atomic mass is 10.1. The Morgan fingerprint density at radius 2 is 1.89 bits per heavy atom. The highest BCUT2D eigenvalue weighted by Gasteiger charge is 2.04. The number of carbonyl (C=O) groups excluding carboxylic acids is 1. The van der Waals surface area contributed by atoms with Crippen LogP contribution in [0, 0.1) is 0 Å². The second-order valence-corrected chi connectivity index (χ2v) is 4.55. The van der Waals surface area contributed by atoms with Crippen molar-refractivity contribution in [2.45, 2.75) is 46.1 Å². The van der Waals surface area contributed by atoms with Crippen molar-refractivity contribution in [2.75, 3.05) is 11.9 Å². The van der Waals surface area contributed by atoms with E-state index in [0.29, 0.717) is 12.5 Å². The van der Waals surface area contributed by atoms with E-state index in [4.69, 9.17) is 0 Å². The fourth-order valence-corrected chi connectivity index (χ4v) is 1.84. The summed E-state index contributed by atoms with van der Waals surface area (Å²) < 4.78 is 0. The van der Waals surface area contributed by atoms with Crippen LogP contribution < -0.4 is 10.6 Å². The van der Waals surface area contributed by atoms with E-state index < -0.39 is 0 Å². The molecule has 2 N–H and O–H groups in total. The summed E-state index contributed by atoms with van der Waals surface area (Å²) in [4.78, 5) is 11.6. The van der Waals surface area contributed by atoms with E-state index in [0.717, 1.165) is 25.1 Å². The van der Waals surface area contributed by atoms with Crippen LogP contribution in [-0.4, -0.2) is 12.5 Å². The molecule has 0 aliphatic carbocycles. The Bertz CT molecular complexity index is 359. The molecule has 0 radical (unpaired) electrons. The fraction of sp³-hybridized carbons (Fsp3) is 0.533. The van der Waals surface area contributed by atoms with Crippen LogP contribution in [0.5, 0.6) is 0 Å². The molecule has 3 nitrogen and oxygen atoms in total. The van der Waals surface area contributed by atoms with Crippen LogP contribution in [-0.2, 0) is 4.79 Å². The van der Waals surface area contributed by atoms with Crippen LogP contribution in [0.1, 0.15) is 51.6 Å². The van der Waals surface area contributed by atoms with Crippen LogP contribution >= 0.6 is 0 Å². The summed E-state index contributed by atoms with van der Waals surface area (Å²) in [7, 11) is 0. The second kappa shape index (κ2) is 7.88. The van der Waals surface area contributed by atoms with E-state index >= 15 is 0 Å². The first-order chi connectivity index (χ1) is 8.67. The molecule has 0 aliphatic heterocycles. The van der Waals surface area contributed by atoms with Gasteiger partial charge in [-0.3, -0.25) is 4.79 Å². The van der Waals surface area contributed by atoms with Gasteiger partial charge >= 0.3 is 0 Å². The van der Waals surface area contributed by atoms with Gasteiger partial charge in [0.05, 0.1) is 0 Å². The Kier molecular flexibility index (Phi) is 6.44. The SMILES string of the molecule is CCCCC(=O)Nc1ccc(C(C)NCC)cc1. The number of unbranched alkanes of at least 4 members (excludes halogenated alkanes) is 1. The number of rotatable bonds is 7. The van der Waals surface area contributed by atoms with Crippen LogP contribution in [0.2, 0.25) is 0 Å². The van der Waals surface area contributed by atoms with Crippen molar-refractivity contribution < 1.29 is 4.79 Å². The van der Waals surface area contributed by atoms with Gasteiger partial charge in [-0.1, -0.05) is 32.4 Å². The van der Waals surface area contributed by atoms with Crippen molar-refractivity contribution >= 4 is 11.6 Å². The molecule has 0 spiro atoms. The standard InChI is InChI=1S/C15H24N2O/c1-4-6-7-15(18)17-14-10-8-13(9-11-14)12(3)16-5-2/h8-12,16H,4-7H2,1-3H3,(H,17,18). The predicted molar refractivity (Wildman–Crippen MR) is 76.7 cm³/mol. The molecule has 1 aromatic rings. The van der Waals surface area contributed by atoms with E-state index in [1.165, 1.54) is 5.56 Å². The van der Waals surface area contributed by atoms with Crippen molar-refractivity contribution in [3.63, 3.8) is 0 Å². The first-order valence-electron chi connectivity index (χ1n) is 6.80. The van der Waals surface area contributed by atoms with Gasteiger partial charge < -0.3 is 10.6 Å². The third-order valence-electron chi connectivity index (χ3n) is 2.96. The minimum Gasteiger partial charge on any atom is -0.326 e. The molecule has 3 heteroatoms. The van der Waals surface area contributed by atoms with Crippen LogP contribution in [0.3, 0.4) is 0 Å². The fourth-order valence-electron chi connectivity index (χ4n) is 1.84. The summed E-state index contributed by atoms with van der Waals surface area (Å²) in [6.07, 6.45) is 2.60. The van der Waals surface area contributed by atoms with Gasteiger partial charge in [0.1, 0.15) is 0 Å². The highest BCUT2D eigenvalue weighted by molar-refractivity contribution is 5.90. The number of benzene rings is 1. The maximum Gasteiger partial charge on any atom is 0.224 e. The number of hydrogen-bond acceptors (Lipinski definition) is 2. The number of carbonyl (C=O) groups is 1. The normalized spacial score (nSPS) is 12.2. The van der Waals surface area contributed by atoms with Crippen molar-refractivity contribution in [3.8, 4) is 0 Å². The Labute approximate surface area is 110 Å². The molecule has 100 valence electrons. The average molecular weight is 248 g/mol.